The zero-order valence-electron chi connectivity index (χ0n) is 13.3. The monoisotopic (exact) mass is 330 g/mol. The molecule has 8 heteroatoms. The van der Waals surface area contributed by atoms with Gasteiger partial charge in [0.15, 0.2) is 0 Å². The van der Waals surface area contributed by atoms with Crippen molar-refractivity contribution in [2.75, 3.05) is 5.43 Å². The minimum atomic E-state index is -0.669. The molecule has 1 aromatic carbocycles. The summed E-state index contributed by atoms with van der Waals surface area (Å²) in [5, 5.41) is 26.2. The Balaban J connectivity index is 2.32. The van der Waals surface area contributed by atoms with E-state index >= 15 is 0 Å². The molecule has 0 radical (unpaired) electrons. The number of anilines is 1. The Hall–Kier alpha value is -3.03. The van der Waals surface area contributed by atoms with Crippen LogP contribution in [0.15, 0.2) is 47.1 Å². The second-order valence-corrected chi connectivity index (χ2v) is 5.30. The van der Waals surface area contributed by atoms with Crippen LogP contribution in [0.3, 0.4) is 0 Å². The van der Waals surface area contributed by atoms with Crippen LogP contribution in [0.1, 0.15) is 32.6 Å². The topological polar surface area (TPSA) is 111 Å². The Morgan fingerprint density at radius 3 is 2.62 bits per heavy atom. The Morgan fingerprint density at radius 1 is 1.25 bits per heavy atom. The molecule has 8 nitrogen and oxygen atoms in total. The first-order chi connectivity index (χ1) is 11.5. The molecule has 0 atom stereocenters. The molecule has 1 aliphatic rings. The van der Waals surface area contributed by atoms with Crippen molar-refractivity contribution in [3.8, 4) is 0 Å². The smallest absolute Gasteiger partial charge is 0.271 e. The standard InChI is InChI=1S/C16H18N4O4/c1-2-6-14(12-7-4-3-5-8-12)17-18-15-10-9-13(19(21)22)11-16(15)20(23)24/h2,6-7,9-11,18H,3-5,8H2,1H3. The van der Waals surface area contributed by atoms with Gasteiger partial charge < -0.3 is 0 Å². The number of non-ortho nitro benzene ring substituents is 1. The van der Waals surface area contributed by atoms with Gasteiger partial charge in [0.05, 0.1) is 21.6 Å². The van der Waals surface area contributed by atoms with Crippen molar-refractivity contribution >= 4 is 22.8 Å². The SMILES string of the molecule is CC=CC(=NNc1ccc([N+](=O)[O-])cc1[N+](=O)[O-])C1=CCCCC1. The van der Waals surface area contributed by atoms with E-state index < -0.39 is 9.85 Å². The molecular weight excluding hydrogens is 312 g/mol. The molecule has 0 heterocycles. The lowest BCUT2D eigenvalue weighted by Gasteiger charge is -2.13. The van der Waals surface area contributed by atoms with Gasteiger partial charge in [-0.05, 0) is 50.3 Å². The highest BCUT2D eigenvalue weighted by molar-refractivity contribution is 6.08. The fraction of sp³-hybridized carbons (Fsp3) is 0.312. The van der Waals surface area contributed by atoms with Gasteiger partial charge in [-0.3, -0.25) is 25.7 Å². The van der Waals surface area contributed by atoms with Crippen LogP contribution in [0.2, 0.25) is 0 Å². The van der Waals surface area contributed by atoms with Gasteiger partial charge in [-0.25, -0.2) is 0 Å². The summed E-state index contributed by atoms with van der Waals surface area (Å²) < 4.78 is 0. The summed E-state index contributed by atoms with van der Waals surface area (Å²) in [6.07, 6.45) is 9.93. The lowest BCUT2D eigenvalue weighted by Crippen LogP contribution is -2.07. The molecule has 2 rings (SSSR count). The molecule has 0 aliphatic heterocycles. The van der Waals surface area contributed by atoms with Gasteiger partial charge in [0.2, 0.25) is 0 Å². The fourth-order valence-corrected chi connectivity index (χ4v) is 2.44. The van der Waals surface area contributed by atoms with Crippen molar-refractivity contribution in [2.45, 2.75) is 32.6 Å². The van der Waals surface area contributed by atoms with E-state index in [-0.39, 0.29) is 17.1 Å². The van der Waals surface area contributed by atoms with Crippen LogP contribution in [-0.4, -0.2) is 15.6 Å². The van der Waals surface area contributed by atoms with E-state index in [0.29, 0.717) is 5.71 Å². The highest BCUT2D eigenvalue weighted by Crippen LogP contribution is 2.29. The first kappa shape index (κ1) is 17.3. The van der Waals surface area contributed by atoms with E-state index in [9.17, 15) is 20.2 Å². The minimum absolute atomic E-state index is 0.115. The number of benzene rings is 1. The third-order valence-corrected chi connectivity index (χ3v) is 3.63. The van der Waals surface area contributed by atoms with Gasteiger partial charge in [-0.15, -0.1) is 0 Å². The lowest BCUT2D eigenvalue weighted by molar-refractivity contribution is -0.393. The summed E-state index contributed by atoms with van der Waals surface area (Å²) in [5.74, 6) is 0. The molecule has 1 N–H and O–H groups in total. The maximum atomic E-state index is 11.1. The van der Waals surface area contributed by atoms with Gasteiger partial charge >= 0.3 is 5.69 Å². The summed E-state index contributed by atoms with van der Waals surface area (Å²) in [7, 11) is 0. The van der Waals surface area contributed by atoms with Crippen LogP contribution in [0.5, 0.6) is 0 Å². The largest absolute Gasteiger partial charge is 0.301 e. The fourth-order valence-electron chi connectivity index (χ4n) is 2.44. The Bertz CT molecular complexity index is 738. The molecule has 0 aromatic heterocycles. The number of nitrogens with zero attached hydrogens (tertiary/aromatic N) is 3. The average molecular weight is 330 g/mol. The van der Waals surface area contributed by atoms with Crippen LogP contribution >= 0.6 is 0 Å². The molecule has 0 spiro atoms. The van der Waals surface area contributed by atoms with Crippen molar-refractivity contribution in [1.82, 2.24) is 0 Å². The van der Waals surface area contributed by atoms with Crippen molar-refractivity contribution in [2.24, 2.45) is 5.10 Å². The maximum Gasteiger partial charge on any atom is 0.301 e. The van der Waals surface area contributed by atoms with Gasteiger partial charge in [-0.1, -0.05) is 12.2 Å². The second-order valence-electron chi connectivity index (χ2n) is 5.30. The molecule has 0 unspecified atom stereocenters. The molecule has 0 saturated heterocycles. The van der Waals surface area contributed by atoms with Gasteiger partial charge in [-0.2, -0.15) is 5.10 Å². The molecule has 126 valence electrons. The van der Waals surface area contributed by atoms with Crippen LogP contribution < -0.4 is 5.43 Å². The second kappa shape index (κ2) is 8.00. The maximum absolute atomic E-state index is 11.1. The third-order valence-electron chi connectivity index (χ3n) is 3.63. The zero-order chi connectivity index (χ0) is 17.5. The number of nitro benzene ring substituents is 2. The number of hydrogen-bond donors (Lipinski definition) is 1. The predicted octanol–water partition coefficient (Wildman–Crippen LogP) is 4.35. The van der Waals surface area contributed by atoms with Crippen molar-refractivity contribution in [3.05, 3.63) is 62.2 Å². The van der Waals surface area contributed by atoms with E-state index in [0.717, 1.165) is 37.3 Å². The minimum Gasteiger partial charge on any atom is -0.271 e. The van der Waals surface area contributed by atoms with Crippen LogP contribution in [0.4, 0.5) is 17.1 Å². The number of nitro groups is 2. The number of rotatable bonds is 6. The molecule has 1 aliphatic carbocycles. The summed E-state index contributed by atoms with van der Waals surface area (Å²) in [4.78, 5) is 20.6. The number of hydrogen-bond acceptors (Lipinski definition) is 6. The highest BCUT2D eigenvalue weighted by atomic mass is 16.6. The molecule has 24 heavy (non-hydrogen) atoms. The Kier molecular flexibility index (Phi) is 5.78. The first-order valence-corrected chi connectivity index (χ1v) is 7.61. The molecular formula is C16H18N4O4. The molecule has 0 amide bonds. The van der Waals surface area contributed by atoms with E-state index in [1.54, 1.807) is 0 Å². The number of allylic oxidation sites excluding steroid dienone is 4. The van der Waals surface area contributed by atoms with E-state index in [1.165, 1.54) is 12.1 Å². The molecule has 1 aromatic rings. The molecule has 0 fully saturated rings. The zero-order valence-corrected chi connectivity index (χ0v) is 13.3. The quantitative estimate of drug-likeness (QED) is 0.473. The normalized spacial score (nSPS) is 15.2. The Labute approximate surface area is 138 Å². The number of hydrazone groups is 1. The lowest BCUT2D eigenvalue weighted by atomic mass is 9.96. The predicted molar refractivity (Wildman–Crippen MR) is 92.2 cm³/mol. The van der Waals surface area contributed by atoms with Crippen LogP contribution in [-0.2, 0) is 0 Å². The van der Waals surface area contributed by atoms with Gasteiger partial charge in [0, 0.05) is 6.07 Å². The first-order valence-electron chi connectivity index (χ1n) is 7.61. The van der Waals surface area contributed by atoms with E-state index in [1.807, 2.05) is 19.1 Å². The molecule has 0 bridgehead atoms. The van der Waals surface area contributed by atoms with Crippen LogP contribution in [0.25, 0.3) is 0 Å². The van der Waals surface area contributed by atoms with Crippen molar-refractivity contribution in [3.63, 3.8) is 0 Å². The highest BCUT2D eigenvalue weighted by Gasteiger charge is 2.19. The van der Waals surface area contributed by atoms with Crippen molar-refractivity contribution in [1.29, 1.82) is 0 Å². The summed E-state index contributed by atoms with van der Waals surface area (Å²) in [5.41, 5.74) is 3.88. The van der Waals surface area contributed by atoms with Crippen molar-refractivity contribution < 1.29 is 9.85 Å². The molecule has 0 saturated carbocycles. The third kappa shape index (κ3) is 4.25. The van der Waals surface area contributed by atoms with Gasteiger partial charge in [0.25, 0.3) is 5.69 Å². The van der Waals surface area contributed by atoms with E-state index in [2.05, 4.69) is 16.6 Å². The summed E-state index contributed by atoms with van der Waals surface area (Å²) in [6, 6.07) is 3.43. The average Bonchev–Trinajstić information content (AvgIpc) is 2.59. The summed E-state index contributed by atoms with van der Waals surface area (Å²) >= 11 is 0. The van der Waals surface area contributed by atoms with Crippen LogP contribution in [0, 0.1) is 20.2 Å². The van der Waals surface area contributed by atoms with E-state index in [4.69, 9.17) is 0 Å². The number of nitrogens with one attached hydrogen (secondary N) is 1. The summed E-state index contributed by atoms with van der Waals surface area (Å²) in [6.45, 7) is 1.87. The van der Waals surface area contributed by atoms with Gasteiger partial charge in [0.1, 0.15) is 5.69 Å². The Morgan fingerprint density at radius 2 is 2.04 bits per heavy atom.